The predicted octanol–water partition coefficient (Wildman–Crippen LogP) is 5.34. The molecule has 38 heavy (non-hydrogen) atoms. The van der Waals surface area contributed by atoms with E-state index in [4.69, 9.17) is 23.2 Å². The minimum atomic E-state index is -0.728. The summed E-state index contributed by atoms with van der Waals surface area (Å²) in [6.45, 7) is 9.37. The maximum atomic E-state index is 9.83. The number of nitrogens with zero attached hydrogens (tertiary/aromatic N) is 3. The van der Waals surface area contributed by atoms with Crippen LogP contribution in [0.1, 0.15) is 45.2 Å². The van der Waals surface area contributed by atoms with Crippen molar-refractivity contribution in [1.82, 2.24) is 21.0 Å². The van der Waals surface area contributed by atoms with E-state index < -0.39 is 5.44 Å². The molecule has 0 radical (unpaired) electrons. The van der Waals surface area contributed by atoms with Gasteiger partial charge in [0.2, 0.25) is 0 Å². The Hall–Kier alpha value is -3.12. The van der Waals surface area contributed by atoms with Crippen LogP contribution in [0.5, 0.6) is 0 Å². The van der Waals surface area contributed by atoms with Crippen molar-refractivity contribution in [2.24, 2.45) is 11.3 Å². The molecule has 5 rings (SSSR count). The van der Waals surface area contributed by atoms with Gasteiger partial charge in [0.1, 0.15) is 13.9 Å². The van der Waals surface area contributed by atoms with E-state index in [1.54, 1.807) is 6.20 Å². The lowest BCUT2D eigenvalue weighted by atomic mass is 9.69. The molecule has 7 nitrogen and oxygen atoms in total. The van der Waals surface area contributed by atoms with Crippen LogP contribution >= 0.6 is 23.2 Å². The number of anilines is 2. The molecule has 0 bridgehead atoms. The number of hydrogen-bond donors (Lipinski definition) is 4. The number of halogens is 2. The first-order valence-electron chi connectivity index (χ1n) is 12.8. The fourth-order valence-electron chi connectivity index (χ4n) is 4.85. The standard InChI is InChI=1S/C28H32BCl2N7/c1-16-9-23(16)38-14-24(36-37-38)28(29,20-7-5-6-8-21(20)30)35-18-10-19-25(34-15-27(2,3)4)17(12-32)13-33-26(19)22(31)11-18/h5-8,10-11,13-14,16,23,35-37H,9,15,29H2,1-4H3,(H,33,34)/t16-,23-,28?/m0/s1. The first-order chi connectivity index (χ1) is 18.0. The predicted molar refractivity (Wildman–Crippen MR) is 158 cm³/mol. The van der Waals surface area contributed by atoms with Gasteiger partial charge in [0, 0.05) is 41.1 Å². The highest BCUT2D eigenvalue weighted by Crippen LogP contribution is 2.41. The van der Waals surface area contributed by atoms with Crippen LogP contribution in [0.3, 0.4) is 0 Å². The number of nitrogens with one attached hydrogen (secondary N) is 4. The minimum Gasteiger partial charge on any atom is -0.383 e. The molecular weight excluding hydrogens is 516 g/mol. The van der Waals surface area contributed by atoms with E-state index in [0.29, 0.717) is 39.6 Å². The van der Waals surface area contributed by atoms with Gasteiger partial charge in [0.05, 0.1) is 32.9 Å². The number of rotatable bonds is 7. The van der Waals surface area contributed by atoms with Gasteiger partial charge in [-0.15, -0.1) is 5.53 Å². The van der Waals surface area contributed by atoms with E-state index in [-0.39, 0.29) is 5.41 Å². The molecule has 10 heteroatoms. The van der Waals surface area contributed by atoms with E-state index in [2.05, 4.69) is 79.4 Å². The Kier molecular flexibility index (Phi) is 6.89. The van der Waals surface area contributed by atoms with E-state index in [0.717, 1.165) is 34.4 Å². The van der Waals surface area contributed by atoms with Crippen LogP contribution in [0.15, 0.2) is 54.5 Å². The molecule has 2 aromatic carbocycles. The highest BCUT2D eigenvalue weighted by Gasteiger charge is 2.42. The highest BCUT2D eigenvalue weighted by molar-refractivity contribution is 6.36. The van der Waals surface area contributed by atoms with Crippen molar-refractivity contribution in [3.05, 3.63) is 75.7 Å². The second-order valence-electron chi connectivity index (χ2n) is 11.6. The van der Waals surface area contributed by atoms with Crippen LogP contribution < -0.4 is 21.6 Å². The first-order valence-corrected chi connectivity index (χ1v) is 13.6. The van der Waals surface area contributed by atoms with E-state index >= 15 is 0 Å². The Morgan fingerprint density at radius 3 is 2.61 bits per heavy atom. The summed E-state index contributed by atoms with van der Waals surface area (Å²) in [4.78, 5) is 4.50. The van der Waals surface area contributed by atoms with Crippen molar-refractivity contribution in [1.29, 1.82) is 5.26 Å². The molecule has 1 aromatic heterocycles. The quantitative estimate of drug-likeness (QED) is 0.297. The lowest BCUT2D eigenvalue weighted by molar-refractivity contribution is 0.251. The summed E-state index contributed by atoms with van der Waals surface area (Å²) in [5.74, 6) is 0.638. The van der Waals surface area contributed by atoms with Crippen LogP contribution in [0.4, 0.5) is 11.4 Å². The van der Waals surface area contributed by atoms with Crippen molar-refractivity contribution >= 4 is 53.3 Å². The molecule has 1 aliphatic carbocycles. The van der Waals surface area contributed by atoms with Crippen LogP contribution in [-0.2, 0) is 5.44 Å². The summed E-state index contributed by atoms with van der Waals surface area (Å²) in [5.41, 5.74) is 10.4. The Morgan fingerprint density at radius 1 is 1.21 bits per heavy atom. The molecule has 0 amide bonds. The second kappa shape index (κ2) is 9.89. The zero-order valence-corrected chi connectivity index (χ0v) is 23.8. The van der Waals surface area contributed by atoms with Gasteiger partial charge in [-0.3, -0.25) is 9.99 Å². The molecule has 1 unspecified atom stereocenters. The van der Waals surface area contributed by atoms with Gasteiger partial charge in [0.15, 0.2) is 0 Å². The Morgan fingerprint density at radius 2 is 1.95 bits per heavy atom. The minimum absolute atomic E-state index is 0.0170. The monoisotopic (exact) mass is 547 g/mol. The summed E-state index contributed by atoms with van der Waals surface area (Å²) in [6.07, 6.45) is 4.83. The van der Waals surface area contributed by atoms with Crippen molar-refractivity contribution in [2.45, 2.75) is 45.6 Å². The van der Waals surface area contributed by atoms with Crippen molar-refractivity contribution < 1.29 is 0 Å². The third-order valence-electron chi connectivity index (χ3n) is 7.20. The Labute approximate surface area is 234 Å². The Bertz CT molecular complexity index is 1460. The molecule has 2 heterocycles. The summed E-state index contributed by atoms with van der Waals surface area (Å²) >= 11 is 13.5. The lowest BCUT2D eigenvalue weighted by Crippen LogP contribution is -2.46. The van der Waals surface area contributed by atoms with Gasteiger partial charge < -0.3 is 16.1 Å². The summed E-state index contributed by atoms with van der Waals surface area (Å²) in [6, 6.07) is 14.4. The summed E-state index contributed by atoms with van der Waals surface area (Å²) in [5, 5.41) is 21.1. The number of aromatic nitrogens is 1. The summed E-state index contributed by atoms with van der Waals surface area (Å²) < 4.78 is 0. The number of pyridine rings is 1. The second-order valence-corrected chi connectivity index (χ2v) is 12.4. The fourth-order valence-corrected chi connectivity index (χ4v) is 5.44. The average Bonchev–Trinajstić information content (AvgIpc) is 3.37. The molecule has 3 atom stereocenters. The van der Waals surface area contributed by atoms with Crippen LogP contribution in [0, 0.1) is 22.7 Å². The van der Waals surface area contributed by atoms with E-state index in [9.17, 15) is 5.26 Å². The third-order valence-corrected chi connectivity index (χ3v) is 7.82. The smallest absolute Gasteiger partial charge is 0.148 e. The number of nitriles is 1. The number of hydrazine groups is 2. The maximum absolute atomic E-state index is 9.83. The van der Waals surface area contributed by atoms with Crippen LogP contribution in [0.25, 0.3) is 10.9 Å². The van der Waals surface area contributed by atoms with Gasteiger partial charge in [0.25, 0.3) is 0 Å². The van der Waals surface area contributed by atoms with Crippen LogP contribution in [0.2, 0.25) is 10.0 Å². The third kappa shape index (κ3) is 5.11. The van der Waals surface area contributed by atoms with Crippen LogP contribution in [-0.4, -0.2) is 30.4 Å². The molecule has 3 aromatic rings. The molecule has 2 aliphatic rings. The van der Waals surface area contributed by atoms with Gasteiger partial charge in [-0.25, -0.2) is 0 Å². The SMILES string of the molecule is BC(Nc1cc(Cl)c2ncc(C#N)c(NCC(C)(C)C)c2c1)(C1=CN([C@H]2C[C@@H]2C)NN1)c1ccccc1Cl. The fraction of sp³-hybridized carbons (Fsp3) is 0.357. The topological polar surface area (TPSA) is 88.0 Å². The van der Waals surface area contributed by atoms with Gasteiger partial charge in [-0.05, 0) is 41.5 Å². The molecule has 1 fully saturated rings. The largest absolute Gasteiger partial charge is 0.383 e. The van der Waals surface area contributed by atoms with E-state index in [1.165, 1.54) is 0 Å². The van der Waals surface area contributed by atoms with Gasteiger partial charge in [-0.2, -0.15) is 5.26 Å². The molecule has 0 saturated heterocycles. The molecule has 1 aliphatic heterocycles. The van der Waals surface area contributed by atoms with Gasteiger partial charge in [-0.1, -0.05) is 69.1 Å². The normalized spacial score (nSPS) is 20.3. The van der Waals surface area contributed by atoms with Crippen molar-refractivity contribution in [2.75, 3.05) is 17.2 Å². The molecular formula is C28H32BCl2N7. The zero-order chi connectivity index (χ0) is 27.2. The molecule has 1 saturated carbocycles. The molecule has 196 valence electrons. The van der Waals surface area contributed by atoms with E-state index in [1.807, 2.05) is 36.4 Å². The zero-order valence-electron chi connectivity index (χ0n) is 22.3. The number of fused-ring (bicyclic) bond motifs is 1. The number of hydrogen-bond acceptors (Lipinski definition) is 7. The van der Waals surface area contributed by atoms with Crippen molar-refractivity contribution in [3.63, 3.8) is 0 Å². The molecule has 4 N–H and O–H groups in total. The van der Waals surface area contributed by atoms with Crippen molar-refractivity contribution in [3.8, 4) is 6.07 Å². The average molecular weight is 548 g/mol. The maximum Gasteiger partial charge on any atom is 0.148 e. The molecule has 0 spiro atoms. The first kappa shape index (κ1) is 26.5. The number of benzene rings is 2. The highest BCUT2D eigenvalue weighted by atomic mass is 35.5. The summed E-state index contributed by atoms with van der Waals surface area (Å²) in [7, 11) is 2.09. The lowest BCUT2D eigenvalue weighted by Gasteiger charge is -2.34. The van der Waals surface area contributed by atoms with Gasteiger partial charge >= 0.3 is 0 Å². The Balaban J connectivity index is 1.60.